The maximum Gasteiger partial charge on any atom is 0.245 e. The van der Waals surface area contributed by atoms with Gasteiger partial charge in [-0.25, -0.2) is 8.42 Å². The summed E-state index contributed by atoms with van der Waals surface area (Å²) in [7, 11) is -3.67. The summed E-state index contributed by atoms with van der Waals surface area (Å²) in [5, 5.41) is 3.54. The Bertz CT molecular complexity index is 1060. The number of aromatic nitrogens is 1. The average molecular weight is 369 g/mol. The van der Waals surface area contributed by atoms with Gasteiger partial charge in [-0.3, -0.25) is 14.1 Å². The van der Waals surface area contributed by atoms with Crippen LogP contribution >= 0.6 is 0 Å². The monoisotopic (exact) mass is 369 g/mol. The van der Waals surface area contributed by atoms with E-state index in [2.05, 4.69) is 10.3 Å². The highest BCUT2D eigenvalue weighted by Crippen LogP contribution is 2.26. The van der Waals surface area contributed by atoms with Gasteiger partial charge in [0.15, 0.2) is 0 Å². The number of fused-ring (bicyclic) bond motifs is 1. The third kappa shape index (κ3) is 4.00. The first kappa shape index (κ1) is 17.9. The van der Waals surface area contributed by atoms with E-state index < -0.39 is 15.9 Å². The molecule has 0 saturated heterocycles. The number of para-hydroxylation sites is 1. The lowest BCUT2D eigenvalue weighted by atomic mass is 10.2. The molecule has 1 heterocycles. The third-order valence-electron chi connectivity index (χ3n) is 3.87. The number of hydrogen-bond acceptors (Lipinski definition) is 4. The summed E-state index contributed by atoms with van der Waals surface area (Å²) in [5.41, 5.74) is 2.54. The van der Waals surface area contributed by atoms with Gasteiger partial charge < -0.3 is 5.32 Å². The summed E-state index contributed by atoms with van der Waals surface area (Å²) >= 11 is 0. The molecular formula is C19H19N3O3S. The highest BCUT2D eigenvalue weighted by atomic mass is 32.2. The Hall–Kier alpha value is -2.93. The highest BCUT2D eigenvalue weighted by molar-refractivity contribution is 7.92. The normalized spacial score (nSPS) is 11.3. The van der Waals surface area contributed by atoms with Crippen LogP contribution in [0.4, 0.5) is 11.4 Å². The Balaban J connectivity index is 1.93. The van der Waals surface area contributed by atoms with E-state index in [1.807, 2.05) is 37.3 Å². The molecule has 0 saturated carbocycles. The van der Waals surface area contributed by atoms with Crippen LogP contribution in [0.5, 0.6) is 0 Å². The molecule has 0 fully saturated rings. The number of sulfonamides is 1. The number of amides is 1. The zero-order valence-corrected chi connectivity index (χ0v) is 15.3. The highest BCUT2D eigenvalue weighted by Gasteiger charge is 2.23. The minimum absolute atomic E-state index is 0.331. The van der Waals surface area contributed by atoms with Gasteiger partial charge in [0, 0.05) is 17.3 Å². The molecule has 1 aromatic heterocycles. The van der Waals surface area contributed by atoms with Crippen molar-refractivity contribution >= 4 is 38.2 Å². The van der Waals surface area contributed by atoms with Crippen molar-refractivity contribution in [2.24, 2.45) is 0 Å². The van der Waals surface area contributed by atoms with Gasteiger partial charge >= 0.3 is 0 Å². The van der Waals surface area contributed by atoms with E-state index in [9.17, 15) is 13.2 Å². The van der Waals surface area contributed by atoms with Crippen LogP contribution in [0.3, 0.4) is 0 Å². The Morgan fingerprint density at radius 1 is 1.12 bits per heavy atom. The summed E-state index contributed by atoms with van der Waals surface area (Å²) in [4.78, 5) is 16.7. The van der Waals surface area contributed by atoms with Crippen molar-refractivity contribution in [2.45, 2.75) is 6.92 Å². The van der Waals surface area contributed by atoms with Gasteiger partial charge in [0.2, 0.25) is 15.9 Å². The fourth-order valence-corrected chi connectivity index (χ4v) is 3.58. The standard InChI is InChI=1S/C19H19N3O3S/c1-14-6-3-9-16(12-14)21-18(23)13-22(26(2,24)25)17-10-4-7-15-8-5-11-20-19(15)17/h3-12H,13H2,1-2H3,(H,21,23). The van der Waals surface area contributed by atoms with Crippen molar-refractivity contribution in [3.63, 3.8) is 0 Å². The number of nitrogens with zero attached hydrogens (tertiary/aromatic N) is 2. The van der Waals surface area contributed by atoms with Gasteiger partial charge in [-0.2, -0.15) is 0 Å². The Morgan fingerprint density at radius 2 is 1.85 bits per heavy atom. The molecule has 1 amide bonds. The Kier molecular flexibility index (Phi) is 4.90. The number of nitrogens with one attached hydrogen (secondary N) is 1. The largest absolute Gasteiger partial charge is 0.325 e. The van der Waals surface area contributed by atoms with Gasteiger partial charge in [-0.05, 0) is 36.8 Å². The summed E-state index contributed by atoms with van der Waals surface area (Å²) in [6.45, 7) is 1.59. The van der Waals surface area contributed by atoms with Crippen LogP contribution in [-0.4, -0.2) is 32.1 Å². The third-order valence-corrected chi connectivity index (χ3v) is 5.00. The molecule has 0 unspecified atom stereocenters. The molecule has 0 aliphatic carbocycles. The number of carbonyl (C=O) groups excluding carboxylic acids is 1. The van der Waals surface area contributed by atoms with E-state index in [-0.39, 0.29) is 6.54 Å². The lowest BCUT2D eigenvalue weighted by Crippen LogP contribution is -2.37. The lowest BCUT2D eigenvalue weighted by Gasteiger charge is -2.23. The summed E-state index contributed by atoms with van der Waals surface area (Å²) in [5.74, 6) is -0.422. The molecule has 1 N–H and O–H groups in total. The molecule has 0 aliphatic rings. The number of benzene rings is 2. The van der Waals surface area contributed by atoms with E-state index in [1.54, 1.807) is 30.5 Å². The van der Waals surface area contributed by atoms with Crippen molar-refractivity contribution in [1.29, 1.82) is 0 Å². The number of rotatable bonds is 5. The zero-order valence-electron chi connectivity index (χ0n) is 14.5. The van der Waals surface area contributed by atoms with E-state index in [4.69, 9.17) is 0 Å². The van der Waals surface area contributed by atoms with Crippen LogP contribution in [0.1, 0.15) is 5.56 Å². The molecule has 3 rings (SSSR count). The molecule has 2 aromatic carbocycles. The number of hydrogen-bond donors (Lipinski definition) is 1. The number of carbonyl (C=O) groups is 1. The molecule has 0 bridgehead atoms. The number of pyridine rings is 1. The molecule has 134 valence electrons. The van der Waals surface area contributed by atoms with Crippen LogP contribution in [-0.2, 0) is 14.8 Å². The van der Waals surface area contributed by atoms with Crippen molar-refractivity contribution in [1.82, 2.24) is 4.98 Å². The maximum absolute atomic E-state index is 12.5. The average Bonchev–Trinajstić information content (AvgIpc) is 2.58. The molecule has 0 atom stereocenters. The van der Waals surface area contributed by atoms with Crippen LogP contribution in [0, 0.1) is 6.92 Å². The maximum atomic E-state index is 12.5. The van der Waals surface area contributed by atoms with E-state index in [0.717, 1.165) is 21.5 Å². The zero-order chi connectivity index (χ0) is 18.7. The van der Waals surface area contributed by atoms with Crippen LogP contribution < -0.4 is 9.62 Å². The van der Waals surface area contributed by atoms with Crippen LogP contribution in [0.15, 0.2) is 60.8 Å². The molecule has 0 radical (unpaired) electrons. The second-order valence-corrected chi connectivity index (χ2v) is 7.95. The second-order valence-electron chi connectivity index (χ2n) is 6.04. The van der Waals surface area contributed by atoms with Crippen LogP contribution in [0.25, 0.3) is 10.9 Å². The van der Waals surface area contributed by atoms with Crippen LogP contribution in [0.2, 0.25) is 0 Å². The molecule has 3 aromatic rings. The summed E-state index contributed by atoms with van der Waals surface area (Å²) < 4.78 is 25.7. The van der Waals surface area contributed by atoms with Gasteiger partial charge in [-0.1, -0.05) is 30.3 Å². The van der Waals surface area contributed by atoms with E-state index in [0.29, 0.717) is 16.9 Å². The first-order valence-corrected chi connectivity index (χ1v) is 9.87. The molecule has 6 nitrogen and oxygen atoms in total. The van der Waals surface area contributed by atoms with E-state index in [1.165, 1.54) is 0 Å². The molecule has 0 aliphatic heterocycles. The molecular weight excluding hydrogens is 350 g/mol. The summed E-state index contributed by atoms with van der Waals surface area (Å²) in [6.07, 6.45) is 2.67. The predicted octanol–water partition coefficient (Wildman–Crippen LogP) is 2.95. The molecule has 0 spiro atoms. The fourth-order valence-electron chi connectivity index (χ4n) is 2.72. The first-order valence-electron chi connectivity index (χ1n) is 8.02. The van der Waals surface area contributed by atoms with Crippen molar-refractivity contribution in [3.8, 4) is 0 Å². The Morgan fingerprint density at radius 3 is 2.58 bits per heavy atom. The number of anilines is 2. The predicted molar refractivity (Wildman–Crippen MR) is 104 cm³/mol. The van der Waals surface area contributed by atoms with Gasteiger partial charge in [0.1, 0.15) is 6.54 Å². The van der Waals surface area contributed by atoms with Crippen molar-refractivity contribution in [3.05, 3.63) is 66.4 Å². The SMILES string of the molecule is Cc1cccc(NC(=O)CN(c2cccc3cccnc23)S(C)(=O)=O)c1. The molecule has 26 heavy (non-hydrogen) atoms. The Labute approximate surface area is 152 Å². The van der Waals surface area contributed by atoms with Gasteiger partial charge in [0.05, 0.1) is 17.5 Å². The van der Waals surface area contributed by atoms with E-state index >= 15 is 0 Å². The van der Waals surface area contributed by atoms with Gasteiger partial charge in [0.25, 0.3) is 0 Å². The number of aryl methyl sites for hydroxylation is 1. The van der Waals surface area contributed by atoms with Crippen molar-refractivity contribution < 1.29 is 13.2 Å². The second kappa shape index (κ2) is 7.13. The smallest absolute Gasteiger partial charge is 0.245 e. The minimum Gasteiger partial charge on any atom is -0.325 e. The summed E-state index contributed by atoms with van der Waals surface area (Å²) in [6, 6.07) is 16.2. The quantitative estimate of drug-likeness (QED) is 0.750. The topological polar surface area (TPSA) is 79.4 Å². The van der Waals surface area contributed by atoms with Gasteiger partial charge in [-0.15, -0.1) is 0 Å². The lowest BCUT2D eigenvalue weighted by molar-refractivity contribution is -0.114. The van der Waals surface area contributed by atoms with Crippen molar-refractivity contribution in [2.75, 3.05) is 22.4 Å². The first-order chi connectivity index (χ1) is 12.3. The fraction of sp³-hybridized carbons (Fsp3) is 0.158. The molecule has 7 heteroatoms. The minimum atomic E-state index is -3.67.